The van der Waals surface area contributed by atoms with Gasteiger partial charge in [0.2, 0.25) is 0 Å². The largest absolute Gasteiger partial charge is 0.335 e. The first-order chi connectivity index (χ1) is 12.7. The lowest BCUT2D eigenvalue weighted by molar-refractivity contribution is 0.102. The number of urea groups is 1. The molecule has 0 unspecified atom stereocenters. The molecule has 5 heteroatoms. The molecule has 2 aromatic carbocycles. The number of benzene rings is 2. The lowest BCUT2D eigenvalue weighted by Gasteiger charge is -2.16. The first kappa shape index (κ1) is 16.6. The summed E-state index contributed by atoms with van der Waals surface area (Å²) in [7, 11) is 0. The molecule has 0 heterocycles. The Balaban J connectivity index is 1.37. The summed E-state index contributed by atoms with van der Waals surface area (Å²) < 4.78 is 0. The van der Waals surface area contributed by atoms with Crippen molar-refractivity contribution in [3.05, 3.63) is 59.2 Å². The van der Waals surface area contributed by atoms with Crippen molar-refractivity contribution in [2.45, 2.75) is 44.6 Å². The summed E-state index contributed by atoms with van der Waals surface area (Å²) in [5.74, 6) is -0.106. The summed E-state index contributed by atoms with van der Waals surface area (Å²) in [6, 6.07) is 13.3. The van der Waals surface area contributed by atoms with Crippen LogP contribution in [0.5, 0.6) is 0 Å². The molecule has 0 spiro atoms. The lowest BCUT2D eigenvalue weighted by Crippen LogP contribution is -2.30. The molecule has 2 aromatic rings. The zero-order chi connectivity index (χ0) is 17.9. The fraction of sp³-hybridized carbons (Fsp3) is 0.333. The molecular weight excluding hydrogens is 326 g/mol. The highest BCUT2D eigenvalue weighted by molar-refractivity contribution is 6.04. The molecule has 0 radical (unpaired) electrons. The number of aryl methyl sites for hydroxylation is 2. The average Bonchev–Trinajstić information content (AvgIpc) is 3.46. The first-order valence-corrected chi connectivity index (χ1v) is 9.28. The number of rotatable bonds is 4. The van der Waals surface area contributed by atoms with Gasteiger partial charge in [0, 0.05) is 23.0 Å². The highest BCUT2D eigenvalue weighted by atomic mass is 16.2. The molecule has 1 saturated carbocycles. The van der Waals surface area contributed by atoms with E-state index >= 15 is 0 Å². The van der Waals surface area contributed by atoms with E-state index < -0.39 is 0 Å². The van der Waals surface area contributed by atoms with Crippen LogP contribution >= 0.6 is 0 Å². The van der Waals surface area contributed by atoms with Crippen LogP contribution in [-0.4, -0.2) is 18.0 Å². The second-order valence-corrected chi connectivity index (χ2v) is 7.09. The van der Waals surface area contributed by atoms with Crippen molar-refractivity contribution in [1.82, 2.24) is 5.32 Å². The van der Waals surface area contributed by atoms with Gasteiger partial charge in [0.1, 0.15) is 0 Å². The average molecular weight is 349 g/mol. The third kappa shape index (κ3) is 4.04. The number of carbonyl (C=O) groups is 2. The second-order valence-electron chi connectivity index (χ2n) is 7.09. The lowest BCUT2D eigenvalue weighted by atomic mass is 9.90. The van der Waals surface area contributed by atoms with Gasteiger partial charge < -0.3 is 16.0 Å². The predicted octanol–water partition coefficient (Wildman–Crippen LogP) is 4.10. The fourth-order valence-corrected chi connectivity index (χ4v) is 3.30. The molecule has 0 saturated heterocycles. The standard InChI is InChI=1S/C21H23N3O2/c25-20(16-6-5-14-3-1-2-4-15(14)13-16)22-17-7-9-18(10-8-17)23-21(26)24-19-11-12-19/h5-10,13,19H,1-4,11-12H2,(H,22,25)(H2,23,24,26). The molecule has 5 nitrogen and oxygen atoms in total. The van der Waals surface area contributed by atoms with Gasteiger partial charge in [-0.3, -0.25) is 4.79 Å². The maximum atomic E-state index is 12.5. The number of anilines is 2. The van der Waals surface area contributed by atoms with Crippen molar-refractivity contribution in [2.75, 3.05) is 10.6 Å². The Morgan fingerprint density at radius 1 is 0.808 bits per heavy atom. The van der Waals surface area contributed by atoms with Crippen LogP contribution in [0.2, 0.25) is 0 Å². The molecule has 134 valence electrons. The third-order valence-corrected chi connectivity index (χ3v) is 4.92. The van der Waals surface area contributed by atoms with Gasteiger partial charge in [-0.25, -0.2) is 4.79 Å². The van der Waals surface area contributed by atoms with Crippen molar-refractivity contribution >= 4 is 23.3 Å². The molecule has 1 fully saturated rings. The molecule has 0 bridgehead atoms. The third-order valence-electron chi connectivity index (χ3n) is 4.92. The summed E-state index contributed by atoms with van der Waals surface area (Å²) in [6.07, 6.45) is 6.71. The van der Waals surface area contributed by atoms with E-state index in [0.717, 1.165) is 25.7 Å². The molecule has 3 amide bonds. The van der Waals surface area contributed by atoms with Gasteiger partial charge in [0.25, 0.3) is 5.91 Å². The van der Waals surface area contributed by atoms with Crippen molar-refractivity contribution in [2.24, 2.45) is 0 Å². The van der Waals surface area contributed by atoms with Gasteiger partial charge in [-0.15, -0.1) is 0 Å². The Kier molecular flexibility index (Phi) is 4.61. The van der Waals surface area contributed by atoms with E-state index in [1.807, 2.05) is 12.1 Å². The van der Waals surface area contributed by atoms with Gasteiger partial charge >= 0.3 is 6.03 Å². The van der Waals surface area contributed by atoms with Gasteiger partial charge in [0.15, 0.2) is 0 Å². The molecule has 26 heavy (non-hydrogen) atoms. The number of nitrogens with one attached hydrogen (secondary N) is 3. The van der Waals surface area contributed by atoms with E-state index in [9.17, 15) is 9.59 Å². The zero-order valence-corrected chi connectivity index (χ0v) is 14.7. The summed E-state index contributed by atoms with van der Waals surface area (Å²) in [5.41, 5.74) is 4.77. The minimum absolute atomic E-state index is 0.106. The molecule has 4 rings (SSSR count). The van der Waals surface area contributed by atoms with Crippen LogP contribution < -0.4 is 16.0 Å². The highest BCUT2D eigenvalue weighted by Gasteiger charge is 2.23. The van der Waals surface area contributed by atoms with Gasteiger partial charge in [-0.1, -0.05) is 6.07 Å². The van der Waals surface area contributed by atoms with Crippen LogP contribution in [0.25, 0.3) is 0 Å². The fourth-order valence-electron chi connectivity index (χ4n) is 3.30. The molecule has 0 atom stereocenters. The van der Waals surface area contributed by atoms with Crippen molar-refractivity contribution in [3.63, 3.8) is 0 Å². The van der Waals surface area contributed by atoms with E-state index in [4.69, 9.17) is 0 Å². The number of amides is 3. The summed E-state index contributed by atoms with van der Waals surface area (Å²) in [5, 5.41) is 8.59. The predicted molar refractivity (Wildman–Crippen MR) is 103 cm³/mol. The normalized spacial score (nSPS) is 15.7. The van der Waals surface area contributed by atoms with E-state index in [1.165, 1.54) is 24.0 Å². The Morgan fingerprint density at radius 2 is 1.46 bits per heavy atom. The molecule has 2 aliphatic rings. The molecule has 0 aliphatic heterocycles. The highest BCUT2D eigenvalue weighted by Crippen LogP contribution is 2.23. The number of fused-ring (bicyclic) bond motifs is 1. The quantitative estimate of drug-likeness (QED) is 0.778. The van der Waals surface area contributed by atoms with Crippen LogP contribution in [0.15, 0.2) is 42.5 Å². The SMILES string of the molecule is O=C(Nc1ccc(NC(=O)c2ccc3c(c2)CCCC3)cc1)NC1CC1. The maximum absolute atomic E-state index is 12.5. The topological polar surface area (TPSA) is 70.2 Å². The first-order valence-electron chi connectivity index (χ1n) is 9.28. The minimum atomic E-state index is -0.182. The van der Waals surface area contributed by atoms with Gasteiger partial charge in [0.05, 0.1) is 0 Å². The second kappa shape index (κ2) is 7.20. The van der Waals surface area contributed by atoms with Crippen molar-refractivity contribution in [1.29, 1.82) is 0 Å². The van der Waals surface area contributed by atoms with Crippen LogP contribution in [0, 0.1) is 0 Å². The molecule has 2 aliphatic carbocycles. The van der Waals surface area contributed by atoms with Crippen molar-refractivity contribution < 1.29 is 9.59 Å². The number of carbonyl (C=O) groups excluding carboxylic acids is 2. The zero-order valence-electron chi connectivity index (χ0n) is 14.7. The maximum Gasteiger partial charge on any atom is 0.319 e. The smallest absolute Gasteiger partial charge is 0.319 e. The van der Waals surface area contributed by atoms with Gasteiger partial charge in [-0.05, 0) is 86.1 Å². The summed E-state index contributed by atoms with van der Waals surface area (Å²) in [4.78, 5) is 24.2. The van der Waals surface area contributed by atoms with E-state index in [2.05, 4.69) is 22.0 Å². The van der Waals surface area contributed by atoms with Crippen molar-refractivity contribution in [3.8, 4) is 0 Å². The van der Waals surface area contributed by atoms with Crippen LogP contribution in [0.1, 0.15) is 47.2 Å². The number of hydrogen-bond donors (Lipinski definition) is 3. The van der Waals surface area contributed by atoms with Gasteiger partial charge in [-0.2, -0.15) is 0 Å². The Hall–Kier alpha value is -2.82. The minimum Gasteiger partial charge on any atom is -0.335 e. The van der Waals surface area contributed by atoms with Crippen LogP contribution in [-0.2, 0) is 12.8 Å². The van der Waals surface area contributed by atoms with Crippen LogP contribution in [0.4, 0.5) is 16.2 Å². The van der Waals surface area contributed by atoms with E-state index in [1.54, 1.807) is 24.3 Å². The summed E-state index contributed by atoms with van der Waals surface area (Å²) in [6.45, 7) is 0. The molecular formula is C21H23N3O2. The Bertz CT molecular complexity index is 826. The van der Waals surface area contributed by atoms with E-state index in [0.29, 0.717) is 23.0 Å². The Labute approximate surface area is 153 Å². The van der Waals surface area contributed by atoms with E-state index in [-0.39, 0.29) is 11.9 Å². The molecule has 0 aromatic heterocycles. The molecule has 3 N–H and O–H groups in total. The van der Waals surface area contributed by atoms with Crippen LogP contribution in [0.3, 0.4) is 0 Å². The Morgan fingerprint density at radius 3 is 2.15 bits per heavy atom. The summed E-state index contributed by atoms with van der Waals surface area (Å²) >= 11 is 0. The number of hydrogen-bond acceptors (Lipinski definition) is 2. The monoisotopic (exact) mass is 349 g/mol.